The standard InChI is InChI=1S/C15H26N4.ClH/c1-12(2)19-9-14(13(3)17-19)8-18-7-5-15(11-18)4-6-16-10-15;/h9,12,16H,4-8,10-11H2,1-3H3;1H. The molecule has 0 aliphatic carbocycles. The lowest BCUT2D eigenvalue weighted by Crippen LogP contribution is -2.29. The molecule has 1 atom stereocenters. The Hall–Kier alpha value is -0.580. The van der Waals surface area contributed by atoms with Crippen molar-refractivity contribution in [3.05, 3.63) is 17.5 Å². The van der Waals surface area contributed by atoms with Crippen molar-refractivity contribution in [1.29, 1.82) is 0 Å². The third-order valence-corrected chi connectivity index (χ3v) is 4.79. The van der Waals surface area contributed by atoms with Gasteiger partial charge in [0.2, 0.25) is 0 Å². The molecule has 1 aromatic heterocycles. The molecule has 2 fully saturated rings. The lowest BCUT2D eigenvalue weighted by molar-refractivity contribution is 0.268. The topological polar surface area (TPSA) is 33.1 Å². The number of aromatic nitrogens is 2. The smallest absolute Gasteiger partial charge is 0.0638 e. The number of hydrogen-bond acceptors (Lipinski definition) is 3. The fourth-order valence-electron chi connectivity index (χ4n) is 3.49. The van der Waals surface area contributed by atoms with E-state index < -0.39 is 0 Å². The first-order valence-electron chi connectivity index (χ1n) is 7.56. The third-order valence-electron chi connectivity index (χ3n) is 4.79. The van der Waals surface area contributed by atoms with Crippen molar-refractivity contribution < 1.29 is 0 Å². The summed E-state index contributed by atoms with van der Waals surface area (Å²) in [6.45, 7) is 12.5. The van der Waals surface area contributed by atoms with Gasteiger partial charge in [-0.1, -0.05) is 0 Å². The van der Waals surface area contributed by atoms with E-state index in [4.69, 9.17) is 0 Å². The van der Waals surface area contributed by atoms with Crippen LogP contribution in [0.5, 0.6) is 0 Å². The van der Waals surface area contributed by atoms with Gasteiger partial charge in [0, 0.05) is 37.4 Å². The van der Waals surface area contributed by atoms with Crippen molar-refractivity contribution in [2.75, 3.05) is 26.2 Å². The first-order valence-corrected chi connectivity index (χ1v) is 7.56. The lowest BCUT2D eigenvalue weighted by Gasteiger charge is -2.22. The van der Waals surface area contributed by atoms with E-state index in [-0.39, 0.29) is 12.4 Å². The molecule has 2 aliphatic rings. The minimum Gasteiger partial charge on any atom is -0.316 e. The highest BCUT2D eigenvalue weighted by atomic mass is 35.5. The van der Waals surface area contributed by atoms with Gasteiger partial charge in [0.25, 0.3) is 0 Å². The van der Waals surface area contributed by atoms with Crippen molar-refractivity contribution in [3.63, 3.8) is 0 Å². The molecule has 1 N–H and O–H groups in total. The molecule has 1 unspecified atom stereocenters. The highest BCUT2D eigenvalue weighted by Gasteiger charge is 2.40. The number of rotatable bonds is 3. The zero-order chi connectivity index (χ0) is 13.5. The largest absolute Gasteiger partial charge is 0.316 e. The maximum absolute atomic E-state index is 4.62. The zero-order valence-corrected chi connectivity index (χ0v) is 13.7. The first-order chi connectivity index (χ1) is 9.08. The van der Waals surface area contributed by atoms with Gasteiger partial charge in [-0.3, -0.25) is 9.58 Å². The summed E-state index contributed by atoms with van der Waals surface area (Å²) in [6.07, 6.45) is 4.95. The molecule has 0 bridgehead atoms. The Morgan fingerprint density at radius 2 is 2.20 bits per heavy atom. The lowest BCUT2D eigenvalue weighted by atomic mass is 9.87. The van der Waals surface area contributed by atoms with E-state index >= 15 is 0 Å². The fraction of sp³-hybridized carbons (Fsp3) is 0.800. The molecule has 3 heterocycles. The third kappa shape index (κ3) is 3.02. The summed E-state index contributed by atoms with van der Waals surface area (Å²) >= 11 is 0. The SMILES string of the molecule is Cc1nn(C(C)C)cc1CN1CCC2(CCNC2)C1.Cl. The monoisotopic (exact) mass is 298 g/mol. The molecule has 2 saturated heterocycles. The van der Waals surface area contributed by atoms with Crippen LogP contribution in [0.4, 0.5) is 0 Å². The quantitative estimate of drug-likeness (QED) is 0.930. The molecule has 4 nitrogen and oxygen atoms in total. The van der Waals surface area contributed by atoms with Gasteiger partial charge in [-0.25, -0.2) is 0 Å². The highest BCUT2D eigenvalue weighted by Crippen LogP contribution is 2.36. The summed E-state index contributed by atoms with van der Waals surface area (Å²) in [4.78, 5) is 2.61. The van der Waals surface area contributed by atoms with Crippen molar-refractivity contribution in [2.45, 2.75) is 46.2 Å². The number of hydrogen-bond donors (Lipinski definition) is 1. The molecule has 1 aromatic rings. The Morgan fingerprint density at radius 3 is 2.80 bits per heavy atom. The molecular formula is C15H27ClN4. The Labute approximate surface area is 128 Å². The summed E-state index contributed by atoms with van der Waals surface area (Å²) in [7, 11) is 0. The Morgan fingerprint density at radius 1 is 1.40 bits per heavy atom. The Bertz CT molecular complexity index is 449. The average Bonchev–Trinajstić information content (AvgIpc) is 3.05. The molecule has 0 amide bonds. The number of halogens is 1. The molecule has 5 heteroatoms. The molecule has 1 spiro atoms. The van der Waals surface area contributed by atoms with Crippen LogP contribution < -0.4 is 5.32 Å². The molecular weight excluding hydrogens is 272 g/mol. The van der Waals surface area contributed by atoms with E-state index in [1.54, 1.807) is 0 Å². The summed E-state index contributed by atoms with van der Waals surface area (Å²) in [5.41, 5.74) is 3.16. The van der Waals surface area contributed by atoms with E-state index in [9.17, 15) is 0 Å². The number of nitrogens with zero attached hydrogens (tertiary/aromatic N) is 3. The van der Waals surface area contributed by atoms with E-state index in [2.05, 4.69) is 47.0 Å². The summed E-state index contributed by atoms with van der Waals surface area (Å²) < 4.78 is 2.09. The van der Waals surface area contributed by atoms with E-state index in [0.717, 1.165) is 6.54 Å². The van der Waals surface area contributed by atoms with E-state index in [1.807, 2.05) is 0 Å². The van der Waals surface area contributed by atoms with Crippen LogP contribution in [0, 0.1) is 12.3 Å². The van der Waals surface area contributed by atoms with Crippen LogP contribution in [0.2, 0.25) is 0 Å². The van der Waals surface area contributed by atoms with Crippen LogP contribution in [0.15, 0.2) is 6.20 Å². The number of aryl methyl sites for hydroxylation is 1. The van der Waals surface area contributed by atoms with Gasteiger partial charge in [-0.05, 0) is 52.1 Å². The predicted octanol–water partition coefficient (Wildman–Crippen LogP) is 2.38. The van der Waals surface area contributed by atoms with Crippen molar-refractivity contribution >= 4 is 12.4 Å². The second-order valence-corrected chi connectivity index (χ2v) is 6.70. The molecule has 0 radical (unpaired) electrons. The van der Waals surface area contributed by atoms with Crippen LogP contribution in [-0.4, -0.2) is 40.9 Å². The molecule has 0 saturated carbocycles. The minimum absolute atomic E-state index is 0. The maximum atomic E-state index is 4.62. The van der Waals surface area contributed by atoms with Gasteiger partial charge in [0.05, 0.1) is 5.69 Å². The van der Waals surface area contributed by atoms with Crippen LogP contribution in [0.1, 0.15) is 44.0 Å². The van der Waals surface area contributed by atoms with Gasteiger partial charge in [0.1, 0.15) is 0 Å². The minimum atomic E-state index is 0. The second-order valence-electron chi connectivity index (χ2n) is 6.70. The van der Waals surface area contributed by atoms with Gasteiger partial charge >= 0.3 is 0 Å². The normalized spacial score (nSPS) is 26.6. The van der Waals surface area contributed by atoms with Crippen LogP contribution in [0.25, 0.3) is 0 Å². The highest BCUT2D eigenvalue weighted by molar-refractivity contribution is 5.85. The van der Waals surface area contributed by atoms with Gasteiger partial charge in [-0.2, -0.15) is 5.10 Å². The number of nitrogens with one attached hydrogen (secondary N) is 1. The van der Waals surface area contributed by atoms with Crippen molar-refractivity contribution in [3.8, 4) is 0 Å². The molecule has 20 heavy (non-hydrogen) atoms. The van der Waals surface area contributed by atoms with Crippen LogP contribution >= 0.6 is 12.4 Å². The van der Waals surface area contributed by atoms with Crippen molar-refractivity contribution in [2.24, 2.45) is 5.41 Å². The van der Waals surface area contributed by atoms with Crippen molar-refractivity contribution in [1.82, 2.24) is 20.0 Å². The van der Waals surface area contributed by atoms with Gasteiger partial charge in [-0.15, -0.1) is 12.4 Å². The second kappa shape index (κ2) is 6.04. The van der Waals surface area contributed by atoms with Gasteiger partial charge in [0.15, 0.2) is 0 Å². The fourth-order valence-corrected chi connectivity index (χ4v) is 3.49. The van der Waals surface area contributed by atoms with E-state index in [0.29, 0.717) is 11.5 Å². The Balaban J connectivity index is 0.00000147. The first kappa shape index (κ1) is 15.8. The van der Waals surface area contributed by atoms with Crippen LogP contribution in [-0.2, 0) is 6.54 Å². The predicted molar refractivity (Wildman–Crippen MR) is 84.4 cm³/mol. The number of likely N-dealkylation sites (tertiary alicyclic amines) is 1. The molecule has 0 aromatic carbocycles. The summed E-state index contributed by atoms with van der Waals surface area (Å²) in [6, 6.07) is 0.455. The van der Waals surface area contributed by atoms with E-state index in [1.165, 1.54) is 50.3 Å². The molecule has 3 rings (SSSR count). The van der Waals surface area contributed by atoms with Gasteiger partial charge < -0.3 is 5.32 Å². The average molecular weight is 299 g/mol. The van der Waals surface area contributed by atoms with Crippen LogP contribution in [0.3, 0.4) is 0 Å². The zero-order valence-electron chi connectivity index (χ0n) is 12.9. The molecule has 2 aliphatic heterocycles. The molecule has 114 valence electrons. The summed E-state index contributed by atoms with van der Waals surface area (Å²) in [5, 5.41) is 8.15. The Kier molecular flexibility index (Phi) is 4.77. The maximum Gasteiger partial charge on any atom is 0.0638 e. The summed E-state index contributed by atoms with van der Waals surface area (Å²) in [5.74, 6) is 0.